The summed E-state index contributed by atoms with van der Waals surface area (Å²) in [5, 5.41) is 0. The first kappa shape index (κ1) is 17.7. The molecule has 1 aromatic carbocycles. The van der Waals surface area contributed by atoms with E-state index in [4.69, 9.17) is 5.73 Å². The van der Waals surface area contributed by atoms with Crippen LogP contribution in [0, 0.1) is 0 Å². The molecule has 0 aliphatic rings. The molecule has 0 saturated carbocycles. The van der Waals surface area contributed by atoms with Crippen LogP contribution >= 0.6 is 31.9 Å². The summed E-state index contributed by atoms with van der Waals surface area (Å²) in [6.45, 7) is 9.38. The lowest BCUT2D eigenvalue weighted by atomic mass is 10.1. The van der Waals surface area contributed by atoms with E-state index in [1.165, 1.54) is 4.31 Å². The molecular formula is C13H18Br2N2O2S. The molecule has 0 spiro atoms. The van der Waals surface area contributed by atoms with E-state index in [2.05, 4.69) is 38.4 Å². The van der Waals surface area contributed by atoms with Gasteiger partial charge in [-0.05, 0) is 64.8 Å². The summed E-state index contributed by atoms with van der Waals surface area (Å²) < 4.78 is 28.1. The van der Waals surface area contributed by atoms with Gasteiger partial charge in [-0.25, -0.2) is 8.42 Å². The van der Waals surface area contributed by atoms with E-state index in [-0.39, 0.29) is 11.4 Å². The van der Waals surface area contributed by atoms with Crippen LogP contribution in [0.15, 0.2) is 38.6 Å². The summed E-state index contributed by atoms with van der Waals surface area (Å²) in [7, 11) is -3.69. The van der Waals surface area contributed by atoms with E-state index in [1.807, 2.05) is 20.8 Å². The number of benzene rings is 1. The van der Waals surface area contributed by atoms with Gasteiger partial charge in [0.25, 0.3) is 0 Å². The highest BCUT2D eigenvalue weighted by Gasteiger charge is 2.35. The van der Waals surface area contributed by atoms with Crippen molar-refractivity contribution in [1.82, 2.24) is 4.31 Å². The highest BCUT2D eigenvalue weighted by molar-refractivity contribution is 9.11. The Morgan fingerprint density at radius 2 is 1.75 bits per heavy atom. The minimum absolute atomic E-state index is 0.170. The summed E-state index contributed by atoms with van der Waals surface area (Å²) in [5.74, 6) is 0. The Morgan fingerprint density at radius 3 is 2.10 bits per heavy atom. The highest BCUT2D eigenvalue weighted by Crippen LogP contribution is 2.36. The number of hydrogen-bond acceptors (Lipinski definition) is 3. The van der Waals surface area contributed by atoms with Gasteiger partial charge in [0.2, 0.25) is 10.0 Å². The highest BCUT2D eigenvalue weighted by atomic mass is 79.9. The fourth-order valence-electron chi connectivity index (χ4n) is 1.79. The monoisotopic (exact) mass is 424 g/mol. The van der Waals surface area contributed by atoms with Gasteiger partial charge in [0.05, 0.1) is 0 Å². The quantitative estimate of drug-likeness (QED) is 0.589. The van der Waals surface area contributed by atoms with E-state index in [9.17, 15) is 8.42 Å². The van der Waals surface area contributed by atoms with Crippen molar-refractivity contribution in [2.24, 2.45) is 0 Å². The second kappa shape index (κ2) is 6.17. The molecule has 0 aliphatic carbocycles. The third kappa shape index (κ3) is 3.63. The average molecular weight is 426 g/mol. The molecule has 0 aromatic heterocycles. The van der Waals surface area contributed by atoms with Crippen LogP contribution in [-0.2, 0) is 10.0 Å². The Kier molecular flexibility index (Phi) is 5.46. The molecule has 7 heteroatoms. The predicted molar refractivity (Wildman–Crippen MR) is 90.1 cm³/mol. The SMILES string of the molecule is C=CCN(C(C)(C)C)S(=O)(=O)c1c(Br)cc(N)cc1Br. The molecule has 0 unspecified atom stereocenters. The minimum atomic E-state index is -3.69. The molecule has 112 valence electrons. The Hall–Kier alpha value is -0.370. The van der Waals surface area contributed by atoms with E-state index in [0.717, 1.165) is 0 Å². The summed E-state index contributed by atoms with van der Waals surface area (Å²) in [4.78, 5) is 0.170. The third-order valence-electron chi connectivity index (χ3n) is 2.61. The maximum atomic E-state index is 12.9. The maximum Gasteiger partial charge on any atom is 0.246 e. The first-order chi connectivity index (χ1) is 9.01. The zero-order valence-electron chi connectivity index (χ0n) is 11.7. The number of sulfonamides is 1. The first-order valence-electron chi connectivity index (χ1n) is 5.90. The van der Waals surface area contributed by atoms with Gasteiger partial charge in [-0.2, -0.15) is 4.31 Å². The Bertz CT molecular complexity index is 599. The van der Waals surface area contributed by atoms with Gasteiger partial charge < -0.3 is 5.73 Å². The van der Waals surface area contributed by atoms with Crippen molar-refractivity contribution in [3.05, 3.63) is 33.7 Å². The molecule has 0 atom stereocenters. The number of halogens is 2. The predicted octanol–water partition coefficient (Wildman–Crippen LogP) is 3.77. The molecule has 0 bridgehead atoms. The largest absolute Gasteiger partial charge is 0.399 e. The lowest BCUT2D eigenvalue weighted by molar-refractivity contribution is 0.269. The van der Waals surface area contributed by atoms with Crippen LogP contribution in [0.1, 0.15) is 20.8 Å². The number of nitrogen functional groups attached to an aromatic ring is 1. The average Bonchev–Trinajstić information content (AvgIpc) is 2.21. The third-order valence-corrected chi connectivity index (χ3v) is 6.62. The number of nitrogens with two attached hydrogens (primary N) is 1. The molecule has 0 heterocycles. The van der Waals surface area contributed by atoms with Crippen LogP contribution in [-0.4, -0.2) is 24.8 Å². The molecule has 1 rings (SSSR count). The molecule has 1 aromatic rings. The Morgan fingerprint density at radius 1 is 1.30 bits per heavy atom. The number of hydrogen-bond donors (Lipinski definition) is 1. The van der Waals surface area contributed by atoms with Crippen molar-refractivity contribution in [3.8, 4) is 0 Å². The zero-order chi connectivity index (χ0) is 15.7. The van der Waals surface area contributed by atoms with Crippen LogP contribution in [0.5, 0.6) is 0 Å². The van der Waals surface area contributed by atoms with E-state index < -0.39 is 15.6 Å². The Labute approximate surface area is 137 Å². The van der Waals surface area contributed by atoms with E-state index in [1.54, 1.807) is 18.2 Å². The fourth-order valence-corrected chi connectivity index (χ4v) is 6.09. The van der Waals surface area contributed by atoms with Crippen molar-refractivity contribution < 1.29 is 8.42 Å². The van der Waals surface area contributed by atoms with Crippen LogP contribution < -0.4 is 5.73 Å². The summed E-state index contributed by atoms with van der Waals surface area (Å²) in [6, 6.07) is 3.15. The molecule has 0 radical (unpaired) electrons. The van der Waals surface area contributed by atoms with Crippen LogP contribution in [0.4, 0.5) is 5.69 Å². The van der Waals surface area contributed by atoms with Gasteiger partial charge >= 0.3 is 0 Å². The summed E-state index contributed by atoms with van der Waals surface area (Å²) in [6.07, 6.45) is 1.57. The summed E-state index contributed by atoms with van der Waals surface area (Å²) in [5.41, 5.74) is 5.63. The summed E-state index contributed by atoms with van der Waals surface area (Å²) >= 11 is 6.56. The van der Waals surface area contributed by atoms with Crippen molar-refractivity contribution in [1.29, 1.82) is 0 Å². The van der Waals surface area contributed by atoms with E-state index >= 15 is 0 Å². The van der Waals surface area contributed by atoms with Gasteiger partial charge in [0.1, 0.15) is 4.90 Å². The number of anilines is 1. The van der Waals surface area contributed by atoms with Gasteiger partial charge in [-0.3, -0.25) is 0 Å². The van der Waals surface area contributed by atoms with Crippen LogP contribution in [0.3, 0.4) is 0 Å². The van der Waals surface area contributed by atoms with Gasteiger partial charge in [-0.15, -0.1) is 6.58 Å². The molecule has 20 heavy (non-hydrogen) atoms. The lowest BCUT2D eigenvalue weighted by Gasteiger charge is -2.34. The smallest absolute Gasteiger partial charge is 0.246 e. The zero-order valence-corrected chi connectivity index (χ0v) is 15.6. The normalized spacial score (nSPS) is 12.7. The molecule has 4 nitrogen and oxygen atoms in total. The molecule has 0 aliphatic heterocycles. The second-order valence-corrected chi connectivity index (χ2v) is 8.82. The van der Waals surface area contributed by atoms with Crippen molar-refractivity contribution in [2.75, 3.05) is 12.3 Å². The number of rotatable bonds is 4. The van der Waals surface area contributed by atoms with Crippen molar-refractivity contribution in [3.63, 3.8) is 0 Å². The number of nitrogens with zero attached hydrogens (tertiary/aromatic N) is 1. The topological polar surface area (TPSA) is 63.4 Å². The van der Waals surface area contributed by atoms with Gasteiger partial charge in [-0.1, -0.05) is 6.08 Å². The molecule has 2 N–H and O–H groups in total. The van der Waals surface area contributed by atoms with Crippen molar-refractivity contribution >= 4 is 47.6 Å². The lowest BCUT2D eigenvalue weighted by Crippen LogP contribution is -2.45. The van der Waals surface area contributed by atoms with Crippen LogP contribution in [0.2, 0.25) is 0 Å². The van der Waals surface area contributed by atoms with Crippen LogP contribution in [0.25, 0.3) is 0 Å². The second-order valence-electron chi connectivity index (χ2n) is 5.31. The minimum Gasteiger partial charge on any atom is -0.399 e. The van der Waals surface area contributed by atoms with Gasteiger partial charge in [0.15, 0.2) is 0 Å². The first-order valence-corrected chi connectivity index (χ1v) is 8.92. The maximum absolute atomic E-state index is 12.9. The molecule has 0 saturated heterocycles. The molecule has 0 fully saturated rings. The molecule has 0 amide bonds. The van der Waals surface area contributed by atoms with E-state index in [0.29, 0.717) is 14.6 Å². The fraction of sp³-hybridized carbons (Fsp3) is 0.385. The van der Waals surface area contributed by atoms with Crippen molar-refractivity contribution in [2.45, 2.75) is 31.2 Å². The van der Waals surface area contributed by atoms with Gasteiger partial charge in [0, 0.05) is 26.7 Å². The standard InChI is InChI=1S/C13H18Br2N2O2S/c1-5-6-17(13(2,3)4)20(18,19)12-10(14)7-9(16)8-11(12)15/h5,7-8H,1,6,16H2,2-4H3. The Balaban J connectivity index is 3.53. The molecular weight excluding hydrogens is 408 g/mol.